The van der Waals surface area contributed by atoms with E-state index in [-0.39, 0.29) is 11.3 Å². The summed E-state index contributed by atoms with van der Waals surface area (Å²) in [6, 6.07) is 15.1. The van der Waals surface area contributed by atoms with E-state index in [0.29, 0.717) is 42.0 Å². The number of nitrogens with zero attached hydrogens (tertiary/aromatic N) is 1. The first-order valence-corrected chi connectivity index (χ1v) is 11.2. The predicted octanol–water partition coefficient (Wildman–Crippen LogP) is 3.43. The van der Waals surface area contributed by atoms with Crippen LogP contribution in [0.4, 0.5) is 4.79 Å². The lowest BCUT2D eigenvalue weighted by Crippen LogP contribution is -2.49. The van der Waals surface area contributed by atoms with Gasteiger partial charge in [-0.1, -0.05) is 59.6 Å². The molecule has 2 N–H and O–H groups in total. The zero-order valence-corrected chi connectivity index (χ0v) is 17.7. The van der Waals surface area contributed by atoms with Crippen molar-refractivity contribution >= 4 is 40.0 Å². The minimum Gasteiger partial charge on any atom is -0.337 e. The standard InChI is InChI=1S/C20H23Cl2N3O2S/c21-18-7-6-16(10-19(18)22)13-25-8-9-28(27)17(14-25)12-24-20(26)23-11-15-4-2-1-3-5-15/h1-7,10,17H,8-9,11-14H2,(H2,23,24,26). The lowest BCUT2D eigenvalue weighted by atomic mass is 10.2. The molecule has 1 saturated heterocycles. The number of hydrogen-bond donors (Lipinski definition) is 2. The largest absolute Gasteiger partial charge is 0.337 e. The highest BCUT2D eigenvalue weighted by atomic mass is 35.5. The number of urea groups is 1. The molecule has 1 aliphatic heterocycles. The van der Waals surface area contributed by atoms with Gasteiger partial charge in [-0.25, -0.2) is 4.79 Å². The molecule has 2 aromatic rings. The number of halogens is 2. The summed E-state index contributed by atoms with van der Waals surface area (Å²) < 4.78 is 12.4. The van der Waals surface area contributed by atoms with Crippen LogP contribution in [-0.4, -0.2) is 45.8 Å². The maximum absolute atomic E-state index is 12.4. The molecule has 1 aliphatic rings. The van der Waals surface area contributed by atoms with Gasteiger partial charge in [0.15, 0.2) is 0 Å². The summed E-state index contributed by atoms with van der Waals surface area (Å²) in [6.45, 7) is 2.97. The van der Waals surface area contributed by atoms with Gasteiger partial charge in [0.2, 0.25) is 0 Å². The maximum Gasteiger partial charge on any atom is 0.315 e. The zero-order chi connectivity index (χ0) is 19.9. The van der Waals surface area contributed by atoms with Gasteiger partial charge in [0.05, 0.1) is 15.3 Å². The molecule has 1 fully saturated rings. The van der Waals surface area contributed by atoms with Crippen LogP contribution in [0, 0.1) is 0 Å². The molecule has 2 unspecified atom stereocenters. The number of benzene rings is 2. The molecular weight excluding hydrogens is 417 g/mol. The van der Waals surface area contributed by atoms with Crippen LogP contribution >= 0.6 is 23.2 Å². The summed E-state index contributed by atoms with van der Waals surface area (Å²) in [4.78, 5) is 14.3. The normalized spacial score (nSPS) is 19.9. The van der Waals surface area contributed by atoms with E-state index in [9.17, 15) is 9.00 Å². The molecule has 0 spiro atoms. The Morgan fingerprint density at radius 1 is 1.07 bits per heavy atom. The lowest BCUT2D eigenvalue weighted by Gasteiger charge is -2.32. The number of carbonyl (C=O) groups is 1. The molecule has 0 aromatic heterocycles. The number of rotatable bonds is 6. The average Bonchev–Trinajstić information content (AvgIpc) is 2.70. The summed E-state index contributed by atoms with van der Waals surface area (Å²) in [5.74, 6) is 0.597. The van der Waals surface area contributed by atoms with E-state index < -0.39 is 10.8 Å². The van der Waals surface area contributed by atoms with Crippen molar-refractivity contribution in [2.24, 2.45) is 0 Å². The van der Waals surface area contributed by atoms with Crippen molar-refractivity contribution in [2.75, 3.05) is 25.4 Å². The van der Waals surface area contributed by atoms with E-state index in [0.717, 1.165) is 17.7 Å². The topological polar surface area (TPSA) is 61.4 Å². The highest BCUT2D eigenvalue weighted by Gasteiger charge is 2.26. The monoisotopic (exact) mass is 439 g/mol. The molecule has 2 aromatic carbocycles. The Labute approximate surface area is 177 Å². The number of hydrogen-bond acceptors (Lipinski definition) is 3. The van der Waals surface area contributed by atoms with E-state index in [1.54, 1.807) is 6.07 Å². The molecular formula is C20H23Cl2N3O2S. The van der Waals surface area contributed by atoms with Crippen LogP contribution in [0.1, 0.15) is 11.1 Å². The lowest BCUT2D eigenvalue weighted by molar-refractivity contribution is 0.237. The number of nitrogens with one attached hydrogen (secondary N) is 2. The Balaban J connectivity index is 1.46. The van der Waals surface area contributed by atoms with Gasteiger partial charge in [-0.05, 0) is 23.3 Å². The van der Waals surface area contributed by atoms with Crippen LogP contribution in [0.2, 0.25) is 10.0 Å². The van der Waals surface area contributed by atoms with Crippen molar-refractivity contribution in [3.8, 4) is 0 Å². The molecule has 8 heteroatoms. The van der Waals surface area contributed by atoms with E-state index in [2.05, 4.69) is 15.5 Å². The van der Waals surface area contributed by atoms with Crippen LogP contribution in [0.3, 0.4) is 0 Å². The van der Waals surface area contributed by atoms with Gasteiger partial charge in [0, 0.05) is 49.3 Å². The van der Waals surface area contributed by atoms with E-state index in [1.807, 2.05) is 42.5 Å². The molecule has 2 amide bonds. The maximum atomic E-state index is 12.4. The molecule has 1 heterocycles. The van der Waals surface area contributed by atoms with Crippen molar-refractivity contribution < 1.29 is 9.00 Å². The van der Waals surface area contributed by atoms with Crippen LogP contribution in [0.15, 0.2) is 48.5 Å². The second-order valence-corrected chi connectivity index (χ2v) is 9.39. The smallest absolute Gasteiger partial charge is 0.315 e. The van der Waals surface area contributed by atoms with Crippen LogP contribution in [0.25, 0.3) is 0 Å². The summed E-state index contributed by atoms with van der Waals surface area (Å²) in [7, 11) is -0.952. The summed E-state index contributed by atoms with van der Waals surface area (Å²) in [5.41, 5.74) is 2.10. The van der Waals surface area contributed by atoms with Crippen molar-refractivity contribution in [3.05, 3.63) is 69.7 Å². The first-order valence-electron chi connectivity index (χ1n) is 9.10. The van der Waals surface area contributed by atoms with Gasteiger partial charge in [-0.3, -0.25) is 9.11 Å². The third-order valence-corrected chi connectivity index (χ3v) is 7.00. The summed E-state index contributed by atoms with van der Waals surface area (Å²) >= 11 is 12.1. The third kappa shape index (κ3) is 6.21. The molecule has 0 radical (unpaired) electrons. The Bertz CT molecular complexity index is 835. The minimum absolute atomic E-state index is 0.0982. The van der Waals surface area contributed by atoms with Gasteiger partial charge in [0.1, 0.15) is 0 Å². The number of carbonyl (C=O) groups excluding carboxylic acids is 1. The zero-order valence-electron chi connectivity index (χ0n) is 15.4. The second-order valence-electron chi connectivity index (χ2n) is 6.74. The molecule has 0 bridgehead atoms. The highest BCUT2D eigenvalue weighted by Crippen LogP contribution is 2.23. The second kappa shape index (κ2) is 10.3. The van der Waals surface area contributed by atoms with Gasteiger partial charge in [0.25, 0.3) is 0 Å². The molecule has 150 valence electrons. The summed E-state index contributed by atoms with van der Waals surface area (Å²) in [6.07, 6.45) is 0. The van der Waals surface area contributed by atoms with Crippen LogP contribution in [-0.2, 0) is 23.9 Å². The van der Waals surface area contributed by atoms with Crippen LogP contribution < -0.4 is 10.6 Å². The van der Waals surface area contributed by atoms with Crippen molar-refractivity contribution in [3.63, 3.8) is 0 Å². The quantitative estimate of drug-likeness (QED) is 0.724. The minimum atomic E-state index is -0.952. The van der Waals surface area contributed by atoms with Crippen LogP contribution in [0.5, 0.6) is 0 Å². The first kappa shape index (κ1) is 21.1. The number of amides is 2. The van der Waals surface area contributed by atoms with Gasteiger partial charge < -0.3 is 10.6 Å². The predicted molar refractivity (Wildman–Crippen MR) is 115 cm³/mol. The Morgan fingerprint density at radius 3 is 2.61 bits per heavy atom. The van der Waals surface area contributed by atoms with E-state index >= 15 is 0 Å². The summed E-state index contributed by atoms with van der Waals surface area (Å²) in [5, 5.41) is 6.64. The fourth-order valence-corrected chi connectivity index (χ4v) is 4.83. The average molecular weight is 440 g/mol. The van der Waals surface area contributed by atoms with Crippen molar-refractivity contribution in [1.82, 2.24) is 15.5 Å². The molecule has 5 nitrogen and oxygen atoms in total. The van der Waals surface area contributed by atoms with Gasteiger partial charge in [-0.2, -0.15) is 0 Å². The Hall–Kier alpha value is -1.60. The SMILES string of the molecule is O=C(NCc1ccccc1)NCC1CN(Cc2ccc(Cl)c(Cl)c2)CCS1=O. The van der Waals surface area contributed by atoms with E-state index in [4.69, 9.17) is 23.2 Å². The molecule has 28 heavy (non-hydrogen) atoms. The fourth-order valence-electron chi connectivity index (χ4n) is 3.09. The first-order chi connectivity index (χ1) is 13.5. The van der Waals surface area contributed by atoms with Crippen molar-refractivity contribution in [2.45, 2.75) is 18.3 Å². The van der Waals surface area contributed by atoms with Gasteiger partial charge in [-0.15, -0.1) is 0 Å². The molecule has 0 aliphatic carbocycles. The van der Waals surface area contributed by atoms with Gasteiger partial charge >= 0.3 is 6.03 Å². The Kier molecular flexibility index (Phi) is 7.73. The third-order valence-electron chi connectivity index (χ3n) is 4.62. The molecule has 0 saturated carbocycles. The van der Waals surface area contributed by atoms with E-state index in [1.165, 1.54) is 0 Å². The molecule has 3 rings (SSSR count). The molecule has 2 atom stereocenters. The highest BCUT2D eigenvalue weighted by molar-refractivity contribution is 7.85. The fraction of sp³-hybridized carbons (Fsp3) is 0.350. The van der Waals surface area contributed by atoms with Crippen molar-refractivity contribution in [1.29, 1.82) is 0 Å². The Morgan fingerprint density at radius 2 is 1.86 bits per heavy atom.